The van der Waals surface area contributed by atoms with Gasteiger partial charge in [-0.3, -0.25) is 9.69 Å². The second kappa shape index (κ2) is 9.90. The number of primary amides is 1. The molecule has 178 valence electrons. The molecule has 2 N–H and O–H groups in total. The summed E-state index contributed by atoms with van der Waals surface area (Å²) in [6, 6.07) is 27.5. The molecule has 0 saturated carbocycles. The summed E-state index contributed by atoms with van der Waals surface area (Å²) in [5, 5.41) is 0. The van der Waals surface area contributed by atoms with Gasteiger partial charge in [-0.15, -0.1) is 0 Å². The first-order valence-corrected chi connectivity index (χ1v) is 11.8. The first kappa shape index (κ1) is 23.8. The first-order valence-electron chi connectivity index (χ1n) is 11.8. The average Bonchev–Trinajstić information content (AvgIpc) is 2.82. The Morgan fingerprint density at radius 3 is 1.97 bits per heavy atom. The Kier molecular flexibility index (Phi) is 6.94. The van der Waals surface area contributed by atoms with Crippen LogP contribution < -0.4 is 15.2 Å². The lowest BCUT2D eigenvalue weighted by atomic mass is 9.69. The second-order valence-electron chi connectivity index (χ2n) is 9.64. The summed E-state index contributed by atoms with van der Waals surface area (Å²) >= 11 is 0. The number of benzene rings is 3. The van der Waals surface area contributed by atoms with Gasteiger partial charge in [0.25, 0.3) is 0 Å². The maximum Gasteiger partial charge on any atom is 0.232 e. The molecular weight excluding hydrogens is 424 g/mol. The molecule has 4 rings (SSSR count). The van der Waals surface area contributed by atoms with Crippen LogP contribution in [0.15, 0.2) is 84.9 Å². The third-order valence-corrected chi connectivity index (χ3v) is 7.11. The summed E-state index contributed by atoms with van der Waals surface area (Å²) in [5.74, 6) is 1.30. The van der Waals surface area contributed by atoms with Gasteiger partial charge in [-0.2, -0.15) is 0 Å². The molecule has 5 heteroatoms. The van der Waals surface area contributed by atoms with E-state index in [1.807, 2.05) is 84.9 Å². The van der Waals surface area contributed by atoms with Crippen molar-refractivity contribution >= 4 is 5.91 Å². The minimum Gasteiger partial charge on any atom is -0.497 e. The standard InChI is InChI=1S/C29H34N2O3/c1-28(2,31-20-26(21-31)34-25-16-10-15-24(19-25)33-3)17-18-29(27(30)32,22-11-6-4-7-12-22)23-13-8-5-9-14-23/h4-16,19,26H,17-18,20-21H2,1-3H3,(H2,30,32). The molecule has 1 fully saturated rings. The van der Waals surface area contributed by atoms with Crippen LogP contribution in [0.2, 0.25) is 0 Å². The Morgan fingerprint density at radius 1 is 0.882 bits per heavy atom. The van der Waals surface area contributed by atoms with Gasteiger partial charge in [0.15, 0.2) is 0 Å². The molecule has 1 heterocycles. The number of nitrogens with two attached hydrogens (primary N) is 1. The predicted molar refractivity (Wildman–Crippen MR) is 135 cm³/mol. The molecule has 1 saturated heterocycles. The minimum absolute atomic E-state index is 0.113. The molecule has 1 aliphatic heterocycles. The fraction of sp³-hybridized carbons (Fsp3) is 0.345. The molecule has 1 aliphatic rings. The van der Waals surface area contributed by atoms with E-state index in [2.05, 4.69) is 18.7 Å². The highest BCUT2D eigenvalue weighted by molar-refractivity contribution is 5.90. The zero-order chi connectivity index (χ0) is 24.2. The van der Waals surface area contributed by atoms with Crippen LogP contribution in [-0.4, -0.2) is 42.6 Å². The highest BCUT2D eigenvalue weighted by Gasteiger charge is 2.44. The maximum atomic E-state index is 13.1. The van der Waals surface area contributed by atoms with Gasteiger partial charge in [0.2, 0.25) is 5.91 Å². The van der Waals surface area contributed by atoms with Gasteiger partial charge in [-0.25, -0.2) is 0 Å². The molecule has 0 radical (unpaired) electrons. The molecule has 3 aromatic carbocycles. The van der Waals surface area contributed by atoms with E-state index in [-0.39, 0.29) is 17.6 Å². The smallest absolute Gasteiger partial charge is 0.232 e. The molecule has 3 aromatic rings. The van der Waals surface area contributed by atoms with Gasteiger partial charge in [-0.05, 0) is 49.9 Å². The SMILES string of the molecule is COc1cccc(OC2CN(C(C)(C)CCC(C(N)=O)(c3ccccc3)c3ccccc3)C2)c1. The lowest BCUT2D eigenvalue weighted by molar-refractivity contribution is -0.122. The number of nitrogens with zero attached hydrogens (tertiary/aromatic N) is 1. The van der Waals surface area contributed by atoms with Gasteiger partial charge in [0.1, 0.15) is 17.6 Å². The molecule has 0 atom stereocenters. The van der Waals surface area contributed by atoms with E-state index in [1.54, 1.807) is 7.11 Å². The summed E-state index contributed by atoms with van der Waals surface area (Å²) in [4.78, 5) is 15.5. The summed E-state index contributed by atoms with van der Waals surface area (Å²) < 4.78 is 11.4. The Hall–Kier alpha value is -3.31. The maximum absolute atomic E-state index is 13.1. The van der Waals surface area contributed by atoms with E-state index in [0.29, 0.717) is 6.42 Å². The van der Waals surface area contributed by atoms with Crippen molar-refractivity contribution in [1.29, 1.82) is 0 Å². The average molecular weight is 459 g/mol. The number of ether oxygens (including phenoxy) is 2. The molecule has 0 aliphatic carbocycles. The number of carbonyl (C=O) groups excluding carboxylic acids is 1. The van der Waals surface area contributed by atoms with Crippen molar-refractivity contribution in [3.8, 4) is 11.5 Å². The van der Waals surface area contributed by atoms with Crippen LogP contribution in [0.25, 0.3) is 0 Å². The van der Waals surface area contributed by atoms with Crippen LogP contribution in [0.4, 0.5) is 0 Å². The van der Waals surface area contributed by atoms with Gasteiger partial charge in [-0.1, -0.05) is 66.7 Å². The van der Waals surface area contributed by atoms with E-state index in [0.717, 1.165) is 42.1 Å². The van der Waals surface area contributed by atoms with Crippen LogP contribution in [0.3, 0.4) is 0 Å². The van der Waals surface area contributed by atoms with E-state index in [9.17, 15) is 4.79 Å². The van der Waals surface area contributed by atoms with Crippen LogP contribution in [-0.2, 0) is 10.2 Å². The zero-order valence-electron chi connectivity index (χ0n) is 20.2. The largest absolute Gasteiger partial charge is 0.497 e. The van der Waals surface area contributed by atoms with Crippen LogP contribution >= 0.6 is 0 Å². The van der Waals surface area contributed by atoms with Gasteiger partial charge < -0.3 is 15.2 Å². The number of amides is 1. The van der Waals surface area contributed by atoms with Crippen molar-refractivity contribution in [2.75, 3.05) is 20.2 Å². The third-order valence-electron chi connectivity index (χ3n) is 7.11. The Labute approximate surface area is 202 Å². The second-order valence-corrected chi connectivity index (χ2v) is 9.64. The summed E-state index contributed by atoms with van der Waals surface area (Å²) in [6.07, 6.45) is 1.57. The number of likely N-dealkylation sites (tertiary alicyclic amines) is 1. The van der Waals surface area contributed by atoms with Crippen molar-refractivity contribution in [2.45, 2.75) is 43.7 Å². The van der Waals surface area contributed by atoms with Gasteiger partial charge in [0.05, 0.1) is 12.5 Å². The number of rotatable bonds is 10. The molecule has 5 nitrogen and oxygen atoms in total. The van der Waals surface area contributed by atoms with Crippen molar-refractivity contribution in [3.63, 3.8) is 0 Å². The Bertz CT molecular complexity index is 1050. The predicted octanol–water partition coefficient (Wildman–Crippen LogP) is 4.79. The lowest BCUT2D eigenvalue weighted by Crippen LogP contribution is -2.62. The van der Waals surface area contributed by atoms with Crippen molar-refractivity contribution < 1.29 is 14.3 Å². The molecule has 1 amide bonds. The molecule has 0 bridgehead atoms. The first-order chi connectivity index (χ1) is 16.3. The summed E-state index contributed by atoms with van der Waals surface area (Å²) in [6.45, 7) is 6.14. The monoisotopic (exact) mass is 458 g/mol. The summed E-state index contributed by atoms with van der Waals surface area (Å²) in [7, 11) is 1.66. The van der Waals surface area contributed by atoms with Crippen LogP contribution in [0.1, 0.15) is 37.8 Å². The van der Waals surface area contributed by atoms with E-state index in [4.69, 9.17) is 15.2 Å². The number of carbonyl (C=O) groups is 1. The third kappa shape index (κ3) is 4.80. The number of hydrogen-bond donors (Lipinski definition) is 1. The molecule has 0 spiro atoms. The number of hydrogen-bond acceptors (Lipinski definition) is 4. The fourth-order valence-corrected chi connectivity index (χ4v) is 4.83. The normalized spacial score (nSPS) is 14.9. The highest BCUT2D eigenvalue weighted by atomic mass is 16.5. The van der Waals surface area contributed by atoms with Crippen molar-refractivity contribution in [3.05, 3.63) is 96.1 Å². The quantitative estimate of drug-likeness (QED) is 0.475. The molecule has 0 unspecified atom stereocenters. The lowest BCUT2D eigenvalue weighted by Gasteiger charge is -2.49. The van der Waals surface area contributed by atoms with E-state index >= 15 is 0 Å². The van der Waals surface area contributed by atoms with Gasteiger partial charge >= 0.3 is 0 Å². The number of methoxy groups -OCH3 is 1. The van der Waals surface area contributed by atoms with E-state index < -0.39 is 5.41 Å². The zero-order valence-corrected chi connectivity index (χ0v) is 20.2. The van der Waals surface area contributed by atoms with Crippen molar-refractivity contribution in [2.24, 2.45) is 5.73 Å². The molecule has 0 aromatic heterocycles. The van der Waals surface area contributed by atoms with Crippen molar-refractivity contribution in [1.82, 2.24) is 4.90 Å². The van der Waals surface area contributed by atoms with Gasteiger partial charge in [0, 0.05) is 24.7 Å². The topological polar surface area (TPSA) is 64.8 Å². The fourth-order valence-electron chi connectivity index (χ4n) is 4.83. The Balaban J connectivity index is 1.48. The highest BCUT2D eigenvalue weighted by Crippen LogP contribution is 2.40. The van der Waals surface area contributed by atoms with E-state index in [1.165, 1.54) is 0 Å². The Morgan fingerprint density at radius 2 is 1.44 bits per heavy atom. The molecular formula is C29H34N2O3. The minimum atomic E-state index is -0.874. The summed E-state index contributed by atoms with van der Waals surface area (Å²) in [5.41, 5.74) is 7.02. The van der Waals surface area contributed by atoms with Crippen LogP contribution in [0, 0.1) is 0 Å². The molecule has 34 heavy (non-hydrogen) atoms. The van der Waals surface area contributed by atoms with Crippen LogP contribution in [0.5, 0.6) is 11.5 Å².